The number of rotatable bonds is 9. The lowest BCUT2D eigenvalue weighted by molar-refractivity contribution is -0.484. The van der Waals surface area contributed by atoms with Crippen molar-refractivity contribution in [3.05, 3.63) is 20.2 Å². The van der Waals surface area contributed by atoms with E-state index in [-0.39, 0.29) is 39.5 Å². The maximum atomic E-state index is 9.83. The predicted molar refractivity (Wildman–Crippen MR) is 45.4 cm³/mol. The van der Waals surface area contributed by atoms with E-state index in [0.717, 1.165) is 0 Å². The van der Waals surface area contributed by atoms with E-state index in [4.69, 9.17) is 9.47 Å². The van der Waals surface area contributed by atoms with Gasteiger partial charge in [-0.3, -0.25) is 20.2 Å². The van der Waals surface area contributed by atoms with Crippen molar-refractivity contribution < 1.29 is 19.3 Å². The van der Waals surface area contributed by atoms with Crippen LogP contribution < -0.4 is 0 Å². The molecule has 0 aromatic heterocycles. The van der Waals surface area contributed by atoms with Crippen LogP contribution in [0, 0.1) is 20.2 Å². The molecule has 0 atom stereocenters. The summed E-state index contributed by atoms with van der Waals surface area (Å²) in [7, 11) is 0. The van der Waals surface area contributed by atoms with Crippen molar-refractivity contribution in [2.75, 3.05) is 39.5 Å². The summed E-state index contributed by atoms with van der Waals surface area (Å²) in [5.41, 5.74) is 0. The van der Waals surface area contributed by atoms with E-state index in [9.17, 15) is 20.2 Å². The zero-order valence-corrected chi connectivity index (χ0v) is 7.59. The van der Waals surface area contributed by atoms with Crippen molar-refractivity contribution in [3.63, 3.8) is 0 Å². The molecule has 0 aliphatic carbocycles. The molecule has 0 aromatic rings. The van der Waals surface area contributed by atoms with E-state index >= 15 is 0 Å². The molecule has 0 aliphatic rings. The Morgan fingerprint density at radius 2 is 1.14 bits per heavy atom. The highest BCUT2D eigenvalue weighted by Crippen LogP contribution is 1.80. The van der Waals surface area contributed by atoms with Gasteiger partial charge in [0.2, 0.25) is 13.1 Å². The molecule has 0 bridgehead atoms. The molecule has 0 spiro atoms. The lowest BCUT2D eigenvalue weighted by Crippen LogP contribution is -2.14. The number of nitrogens with zero attached hydrogens (tertiary/aromatic N) is 2. The maximum Gasteiger partial charge on any atom is 0.226 e. The first kappa shape index (κ1) is 12.7. The minimum absolute atomic E-state index is 0.0333. The standard InChI is InChI=1S/C6H12N2O6/c9-7(10)1-3-13-5-6-14-4-2-8(11)12/h1-6H2. The van der Waals surface area contributed by atoms with Gasteiger partial charge >= 0.3 is 0 Å². The first-order chi connectivity index (χ1) is 6.63. The summed E-state index contributed by atoms with van der Waals surface area (Å²) >= 11 is 0. The summed E-state index contributed by atoms with van der Waals surface area (Å²) in [5.74, 6) is 0. The Bertz CT molecular complexity index is 165. The summed E-state index contributed by atoms with van der Waals surface area (Å²) in [5, 5.41) is 19.7. The Kier molecular flexibility index (Phi) is 7.56. The lowest BCUT2D eigenvalue weighted by atomic mass is 10.7. The predicted octanol–water partition coefficient (Wildman–Crippen LogP) is -0.427. The van der Waals surface area contributed by atoms with Crippen molar-refractivity contribution >= 4 is 0 Å². The number of ether oxygens (including phenoxy) is 2. The van der Waals surface area contributed by atoms with Gasteiger partial charge in [0.1, 0.15) is 13.2 Å². The molecule has 0 unspecified atom stereocenters. The Morgan fingerprint density at radius 1 is 0.786 bits per heavy atom. The van der Waals surface area contributed by atoms with Crippen LogP contribution in [0.4, 0.5) is 0 Å². The van der Waals surface area contributed by atoms with Crippen molar-refractivity contribution in [2.24, 2.45) is 0 Å². The zero-order valence-electron chi connectivity index (χ0n) is 7.59. The Morgan fingerprint density at radius 3 is 1.43 bits per heavy atom. The third-order valence-electron chi connectivity index (χ3n) is 1.21. The molecule has 0 radical (unpaired) electrons. The fourth-order valence-corrected chi connectivity index (χ4v) is 0.600. The molecule has 14 heavy (non-hydrogen) atoms. The maximum absolute atomic E-state index is 9.83. The highest BCUT2D eigenvalue weighted by Gasteiger charge is 1.98. The molecule has 0 rings (SSSR count). The molecular weight excluding hydrogens is 196 g/mol. The van der Waals surface area contributed by atoms with Gasteiger partial charge in [-0.05, 0) is 0 Å². The van der Waals surface area contributed by atoms with Crippen LogP contribution in [0.3, 0.4) is 0 Å². The Balaban J connectivity index is 2.99. The third kappa shape index (κ3) is 10.7. The minimum atomic E-state index is -0.479. The van der Waals surface area contributed by atoms with E-state index in [1.165, 1.54) is 0 Å². The van der Waals surface area contributed by atoms with E-state index < -0.39 is 9.85 Å². The SMILES string of the molecule is O=[N+]([O-])CCOCCOCC[N+](=O)[O-]. The van der Waals surface area contributed by atoms with Crippen molar-refractivity contribution in [2.45, 2.75) is 0 Å². The Hall–Kier alpha value is -1.28. The van der Waals surface area contributed by atoms with E-state index in [1.54, 1.807) is 0 Å². The van der Waals surface area contributed by atoms with Crippen LogP contribution in [0.25, 0.3) is 0 Å². The Labute approximate surface area is 80.1 Å². The number of hydrogen-bond donors (Lipinski definition) is 0. The monoisotopic (exact) mass is 208 g/mol. The molecule has 0 amide bonds. The van der Waals surface area contributed by atoms with Crippen molar-refractivity contribution in [1.82, 2.24) is 0 Å². The topological polar surface area (TPSA) is 105 Å². The molecule has 82 valence electrons. The second-order valence-corrected chi connectivity index (χ2v) is 2.34. The van der Waals surface area contributed by atoms with Gasteiger partial charge in [-0.2, -0.15) is 0 Å². The summed E-state index contributed by atoms with van der Waals surface area (Å²) in [6, 6.07) is 0. The van der Waals surface area contributed by atoms with Crippen molar-refractivity contribution in [3.8, 4) is 0 Å². The average molecular weight is 208 g/mol. The molecule has 0 heterocycles. The molecule has 8 heteroatoms. The highest BCUT2D eigenvalue weighted by atomic mass is 16.6. The van der Waals surface area contributed by atoms with E-state index in [0.29, 0.717) is 0 Å². The highest BCUT2D eigenvalue weighted by molar-refractivity contribution is 4.32. The van der Waals surface area contributed by atoms with Gasteiger partial charge in [-0.25, -0.2) is 0 Å². The van der Waals surface area contributed by atoms with Crippen LogP contribution in [0.5, 0.6) is 0 Å². The number of nitro groups is 2. The van der Waals surface area contributed by atoms with Gasteiger partial charge in [0.25, 0.3) is 0 Å². The summed E-state index contributed by atoms with van der Waals surface area (Å²) in [6.45, 7) is 0.0120. The van der Waals surface area contributed by atoms with Gasteiger partial charge in [0.05, 0.1) is 13.2 Å². The molecule has 0 saturated carbocycles. The van der Waals surface area contributed by atoms with Crippen LogP contribution in [-0.2, 0) is 9.47 Å². The van der Waals surface area contributed by atoms with Gasteiger partial charge in [-0.1, -0.05) is 0 Å². The van der Waals surface area contributed by atoms with Crippen LogP contribution >= 0.6 is 0 Å². The van der Waals surface area contributed by atoms with Crippen LogP contribution in [0.1, 0.15) is 0 Å². The summed E-state index contributed by atoms with van der Waals surface area (Å²) in [4.78, 5) is 18.7. The summed E-state index contributed by atoms with van der Waals surface area (Å²) < 4.78 is 9.63. The molecule has 0 fully saturated rings. The fraction of sp³-hybridized carbons (Fsp3) is 1.00. The van der Waals surface area contributed by atoms with E-state index in [2.05, 4.69) is 0 Å². The quantitative estimate of drug-likeness (QED) is 0.289. The smallest absolute Gasteiger partial charge is 0.226 e. The zero-order chi connectivity index (χ0) is 10.8. The van der Waals surface area contributed by atoms with Crippen LogP contribution in [0.2, 0.25) is 0 Å². The largest absolute Gasteiger partial charge is 0.372 e. The van der Waals surface area contributed by atoms with Crippen molar-refractivity contribution in [1.29, 1.82) is 0 Å². The van der Waals surface area contributed by atoms with Gasteiger partial charge < -0.3 is 9.47 Å². The number of hydrogen-bond acceptors (Lipinski definition) is 6. The summed E-state index contributed by atoms with van der Waals surface area (Å²) in [6.07, 6.45) is 0. The molecule has 0 aliphatic heterocycles. The third-order valence-corrected chi connectivity index (χ3v) is 1.21. The fourth-order valence-electron chi connectivity index (χ4n) is 0.600. The van der Waals surface area contributed by atoms with Gasteiger partial charge in [0.15, 0.2) is 0 Å². The first-order valence-electron chi connectivity index (χ1n) is 4.02. The second kappa shape index (κ2) is 8.32. The molecule has 0 N–H and O–H groups in total. The molecular formula is C6H12N2O6. The normalized spacial score (nSPS) is 10.0. The van der Waals surface area contributed by atoms with Gasteiger partial charge in [-0.15, -0.1) is 0 Å². The average Bonchev–Trinajstić information content (AvgIpc) is 2.08. The second-order valence-electron chi connectivity index (χ2n) is 2.34. The molecule has 8 nitrogen and oxygen atoms in total. The van der Waals surface area contributed by atoms with E-state index in [1.807, 2.05) is 0 Å². The lowest BCUT2D eigenvalue weighted by Gasteiger charge is -2.01. The molecule has 0 aromatic carbocycles. The van der Waals surface area contributed by atoms with Crippen LogP contribution in [0.15, 0.2) is 0 Å². The van der Waals surface area contributed by atoms with Crippen LogP contribution in [-0.4, -0.2) is 49.4 Å². The molecule has 0 saturated heterocycles. The minimum Gasteiger partial charge on any atom is -0.372 e. The first-order valence-corrected chi connectivity index (χ1v) is 4.02. The van der Waals surface area contributed by atoms with Gasteiger partial charge in [0, 0.05) is 9.85 Å².